The number of nitrogens with one attached hydrogen (secondary N) is 1. The molecular weight excluding hydrogens is 297 g/mol. The van der Waals surface area contributed by atoms with E-state index < -0.39 is 5.82 Å². The van der Waals surface area contributed by atoms with Gasteiger partial charge in [-0.3, -0.25) is 14.3 Å². The van der Waals surface area contributed by atoms with Crippen molar-refractivity contribution in [3.8, 4) is 11.3 Å². The van der Waals surface area contributed by atoms with Gasteiger partial charge >= 0.3 is 0 Å². The summed E-state index contributed by atoms with van der Waals surface area (Å²) in [5.41, 5.74) is 0.481. The minimum atomic E-state index is -0.471. The van der Waals surface area contributed by atoms with Crippen molar-refractivity contribution in [2.45, 2.75) is 0 Å². The van der Waals surface area contributed by atoms with Crippen molar-refractivity contribution in [1.82, 2.24) is 19.9 Å². The zero-order chi connectivity index (χ0) is 16.0. The first-order chi connectivity index (χ1) is 11.1. The van der Waals surface area contributed by atoms with E-state index in [1.807, 2.05) is 0 Å². The molecule has 4 rings (SSSR count). The van der Waals surface area contributed by atoms with Crippen LogP contribution in [0.2, 0.25) is 0 Å². The molecule has 0 aliphatic carbocycles. The number of hydrogen-bond acceptors (Lipinski definition) is 5. The lowest BCUT2D eigenvalue weighted by molar-refractivity contribution is 0.533. The highest BCUT2D eigenvalue weighted by molar-refractivity contribution is 5.60. The summed E-state index contributed by atoms with van der Waals surface area (Å²) in [6, 6.07) is 2.92. The SMILES string of the molecule is Cn1c(N2CC3CNC[C@H]3C2)nc(-c2ccncc2F)cc1=O. The van der Waals surface area contributed by atoms with Crippen LogP contribution in [0.15, 0.2) is 29.3 Å². The lowest BCUT2D eigenvalue weighted by Crippen LogP contribution is -2.32. The molecule has 0 amide bonds. The van der Waals surface area contributed by atoms with Crippen molar-refractivity contribution in [2.24, 2.45) is 18.9 Å². The topological polar surface area (TPSA) is 63.1 Å². The molecule has 2 aliphatic heterocycles. The van der Waals surface area contributed by atoms with Crippen LogP contribution in [0.25, 0.3) is 11.3 Å². The molecule has 2 aromatic rings. The highest BCUT2D eigenvalue weighted by Crippen LogP contribution is 2.30. The molecular formula is C16H18FN5O. The number of anilines is 1. The summed E-state index contributed by atoms with van der Waals surface area (Å²) in [6.07, 6.45) is 2.64. The Morgan fingerprint density at radius 3 is 2.74 bits per heavy atom. The second-order valence-electron chi connectivity index (χ2n) is 6.28. The summed E-state index contributed by atoms with van der Waals surface area (Å²) in [6.45, 7) is 3.77. The number of aromatic nitrogens is 3. The monoisotopic (exact) mass is 315 g/mol. The Morgan fingerprint density at radius 2 is 2.04 bits per heavy atom. The Balaban J connectivity index is 1.76. The Kier molecular flexibility index (Phi) is 3.37. The maximum atomic E-state index is 14.0. The quantitative estimate of drug-likeness (QED) is 0.881. The zero-order valence-electron chi connectivity index (χ0n) is 12.9. The van der Waals surface area contributed by atoms with E-state index in [-0.39, 0.29) is 5.56 Å². The molecule has 0 radical (unpaired) electrons. The van der Waals surface area contributed by atoms with Crippen LogP contribution in [0.1, 0.15) is 0 Å². The molecule has 0 aromatic carbocycles. The Bertz CT molecular complexity index is 793. The van der Waals surface area contributed by atoms with E-state index in [9.17, 15) is 9.18 Å². The van der Waals surface area contributed by atoms with Gasteiger partial charge in [-0.15, -0.1) is 0 Å². The van der Waals surface area contributed by atoms with E-state index in [0.29, 0.717) is 29.0 Å². The van der Waals surface area contributed by atoms with Crippen LogP contribution in [0, 0.1) is 17.7 Å². The van der Waals surface area contributed by atoms with Crippen molar-refractivity contribution in [2.75, 3.05) is 31.1 Å². The third kappa shape index (κ3) is 2.41. The summed E-state index contributed by atoms with van der Waals surface area (Å²) in [4.78, 5) is 22.8. The molecule has 2 atom stereocenters. The van der Waals surface area contributed by atoms with Crippen molar-refractivity contribution in [3.63, 3.8) is 0 Å². The molecule has 1 unspecified atom stereocenters. The number of halogens is 1. The third-order valence-electron chi connectivity index (χ3n) is 4.83. The summed E-state index contributed by atoms with van der Waals surface area (Å²) in [7, 11) is 1.71. The summed E-state index contributed by atoms with van der Waals surface area (Å²) >= 11 is 0. The fourth-order valence-electron chi connectivity index (χ4n) is 3.55. The fourth-order valence-corrected chi connectivity index (χ4v) is 3.55. The highest BCUT2D eigenvalue weighted by atomic mass is 19.1. The number of fused-ring (bicyclic) bond motifs is 1. The van der Waals surface area contributed by atoms with Gasteiger partial charge in [0.2, 0.25) is 5.95 Å². The van der Waals surface area contributed by atoms with E-state index in [2.05, 4.69) is 20.2 Å². The lowest BCUT2D eigenvalue weighted by atomic mass is 10.0. The minimum absolute atomic E-state index is 0.184. The molecule has 1 N–H and O–H groups in total. The third-order valence-corrected chi connectivity index (χ3v) is 4.83. The van der Waals surface area contributed by atoms with Gasteiger partial charge in [-0.2, -0.15) is 0 Å². The smallest absolute Gasteiger partial charge is 0.255 e. The van der Waals surface area contributed by atoms with E-state index in [4.69, 9.17) is 0 Å². The number of hydrogen-bond donors (Lipinski definition) is 1. The van der Waals surface area contributed by atoms with Gasteiger partial charge in [0.15, 0.2) is 5.82 Å². The van der Waals surface area contributed by atoms with Crippen LogP contribution in [0.4, 0.5) is 10.3 Å². The standard InChI is InChI=1S/C16H18FN5O/c1-21-15(23)4-14(12-2-3-18-7-13(12)17)20-16(21)22-8-10-5-19-6-11(10)9-22/h2-4,7,10-11,19H,5-6,8-9H2,1H3/t10-,11?/m0/s1. The van der Waals surface area contributed by atoms with Crippen molar-refractivity contribution in [1.29, 1.82) is 0 Å². The van der Waals surface area contributed by atoms with Gasteiger partial charge in [0, 0.05) is 51.1 Å². The minimum Gasteiger partial charge on any atom is -0.341 e. The molecule has 2 aromatic heterocycles. The zero-order valence-corrected chi connectivity index (χ0v) is 12.9. The van der Waals surface area contributed by atoms with Crippen molar-refractivity contribution >= 4 is 5.95 Å². The van der Waals surface area contributed by atoms with Crippen LogP contribution >= 0.6 is 0 Å². The maximum Gasteiger partial charge on any atom is 0.255 e. The first kappa shape index (κ1) is 14.3. The van der Waals surface area contributed by atoms with Crippen LogP contribution in [0.3, 0.4) is 0 Å². The predicted octanol–water partition coefficient (Wildman–Crippen LogP) is 0.637. The van der Waals surface area contributed by atoms with Crippen molar-refractivity contribution < 1.29 is 4.39 Å². The van der Waals surface area contributed by atoms with Crippen LogP contribution in [0.5, 0.6) is 0 Å². The van der Waals surface area contributed by atoms with Gasteiger partial charge in [-0.1, -0.05) is 0 Å². The molecule has 120 valence electrons. The Labute approximate surface area is 133 Å². The van der Waals surface area contributed by atoms with E-state index in [1.54, 1.807) is 13.1 Å². The van der Waals surface area contributed by atoms with Crippen LogP contribution < -0.4 is 15.8 Å². The number of rotatable bonds is 2. The van der Waals surface area contributed by atoms with Gasteiger partial charge in [0.05, 0.1) is 11.9 Å². The molecule has 23 heavy (non-hydrogen) atoms. The average molecular weight is 315 g/mol. The van der Waals surface area contributed by atoms with Gasteiger partial charge in [-0.25, -0.2) is 9.37 Å². The molecule has 0 saturated carbocycles. The molecule has 0 spiro atoms. The second-order valence-corrected chi connectivity index (χ2v) is 6.28. The molecule has 0 bridgehead atoms. The molecule has 7 heteroatoms. The lowest BCUT2D eigenvalue weighted by Gasteiger charge is -2.21. The summed E-state index contributed by atoms with van der Waals surface area (Å²) in [5, 5.41) is 3.39. The molecule has 4 heterocycles. The normalized spacial score (nSPS) is 23.3. The maximum absolute atomic E-state index is 14.0. The van der Waals surface area contributed by atoms with Crippen molar-refractivity contribution in [3.05, 3.63) is 40.7 Å². The Hall–Kier alpha value is -2.28. The van der Waals surface area contributed by atoms with Crippen LogP contribution in [-0.2, 0) is 7.05 Å². The molecule has 2 fully saturated rings. The first-order valence-corrected chi connectivity index (χ1v) is 7.77. The average Bonchev–Trinajstić information content (AvgIpc) is 3.12. The number of pyridine rings is 1. The van der Waals surface area contributed by atoms with Gasteiger partial charge < -0.3 is 10.2 Å². The largest absolute Gasteiger partial charge is 0.341 e. The van der Waals surface area contributed by atoms with Crippen LogP contribution in [-0.4, -0.2) is 40.7 Å². The first-order valence-electron chi connectivity index (χ1n) is 7.77. The number of nitrogens with zero attached hydrogens (tertiary/aromatic N) is 4. The van der Waals surface area contributed by atoms with Gasteiger partial charge in [-0.05, 0) is 17.9 Å². The van der Waals surface area contributed by atoms with E-state index in [0.717, 1.165) is 32.4 Å². The fraction of sp³-hybridized carbons (Fsp3) is 0.438. The summed E-state index contributed by atoms with van der Waals surface area (Å²) in [5.74, 6) is 1.32. The predicted molar refractivity (Wildman–Crippen MR) is 84.7 cm³/mol. The summed E-state index contributed by atoms with van der Waals surface area (Å²) < 4.78 is 15.5. The van der Waals surface area contributed by atoms with Gasteiger partial charge in [0.1, 0.15) is 0 Å². The van der Waals surface area contributed by atoms with E-state index in [1.165, 1.54) is 16.8 Å². The highest BCUT2D eigenvalue weighted by Gasteiger charge is 2.37. The van der Waals surface area contributed by atoms with E-state index >= 15 is 0 Å². The molecule has 2 aliphatic rings. The Morgan fingerprint density at radius 1 is 1.30 bits per heavy atom. The molecule has 2 saturated heterocycles. The van der Waals surface area contributed by atoms with Gasteiger partial charge in [0.25, 0.3) is 5.56 Å². The second kappa shape index (κ2) is 5.42. The molecule has 6 nitrogen and oxygen atoms in total.